The number of anilines is 2. The Morgan fingerprint density at radius 1 is 0.783 bits per heavy atom. The van der Waals surface area contributed by atoms with E-state index >= 15 is 0 Å². The van der Waals surface area contributed by atoms with Crippen LogP contribution in [0.15, 0.2) is 102 Å². The molecule has 0 bridgehead atoms. The van der Waals surface area contributed by atoms with Crippen molar-refractivity contribution in [2.45, 2.75) is 51.0 Å². The first-order chi connectivity index (χ1) is 22.1. The first-order valence-corrected chi connectivity index (χ1v) is 15.6. The Morgan fingerprint density at radius 2 is 1.41 bits per heavy atom. The summed E-state index contributed by atoms with van der Waals surface area (Å²) in [7, 11) is 4.67. The zero-order chi connectivity index (χ0) is 32.6. The van der Waals surface area contributed by atoms with Gasteiger partial charge in [-0.05, 0) is 70.8 Å². The molecule has 0 saturated carbocycles. The second kappa shape index (κ2) is 12.4. The van der Waals surface area contributed by atoms with Gasteiger partial charge in [0.15, 0.2) is 17.3 Å². The van der Waals surface area contributed by atoms with Crippen LogP contribution in [0.4, 0.5) is 11.4 Å². The molecule has 2 aliphatic rings. The fraction of sp³-hybridized carbons (Fsp3) is 0.282. The maximum Gasteiger partial charge on any atom is 0.259 e. The molecule has 7 heteroatoms. The van der Waals surface area contributed by atoms with Crippen LogP contribution >= 0.6 is 0 Å². The van der Waals surface area contributed by atoms with E-state index in [1.165, 1.54) is 5.56 Å². The van der Waals surface area contributed by atoms with Gasteiger partial charge in [0.2, 0.25) is 5.75 Å². The number of hydrogen-bond donors (Lipinski definition) is 1. The SMILES string of the molecule is COc1cc([C@@H]2C3=C(C[C@@H](c4ccc(C(C)(C)C)cc4)CC3=O)Nc3ccccc3N2C(=O)c2ccccc2)cc(OC)c1OC. The fourth-order valence-corrected chi connectivity index (χ4v) is 6.60. The number of para-hydroxylation sites is 2. The van der Waals surface area contributed by atoms with Gasteiger partial charge in [0.25, 0.3) is 5.91 Å². The number of ketones is 1. The van der Waals surface area contributed by atoms with Crippen LogP contribution in [-0.2, 0) is 10.2 Å². The van der Waals surface area contributed by atoms with Gasteiger partial charge in [-0.1, -0.05) is 75.4 Å². The molecule has 1 N–H and O–H groups in total. The molecule has 0 fully saturated rings. The van der Waals surface area contributed by atoms with Crippen LogP contribution in [0.3, 0.4) is 0 Å². The molecule has 0 saturated heterocycles. The van der Waals surface area contributed by atoms with Gasteiger partial charge in [0, 0.05) is 23.3 Å². The summed E-state index contributed by atoms with van der Waals surface area (Å²) in [5.74, 6) is 1.06. The van der Waals surface area contributed by atoms with Crippen LogP contribution in [0.25, 0.3) is 0 Å². The maximum atomic E-state index is 14.6. The lowest BCUT2D eigenvalue weighted by molar-refractivity contribution is -0.116. The summed E-state index contributed by atoms with van der Waals surface area (Å²) in [5, 5.41) is 3.62. The second-order valence-electron chi connectivity index (χ2n) is 12.8. The van der Waals surface area contributed by atoms with E-state index in [1.54, 1.807) is 38.4 Å². The average molecular weight is 617 g/mol. The molecule has 0 radical (unpaired) electrons. The van der Waals surface area contributed by atoms with Crippen molar-refractivity contribution in [2.75, 3.05) is 31.5 Å². The number of hydrogen-bond acceptors (Lipinski definition) is 6. The predicted molar refractivity (Wildman–Crippen MR) is 181 cm³/mol. The third kappa shape index (κ3) is 5.62. The number of nitrogens with one attached hydrogen (secondary N) is 1. The number of carbonyl (C=O) groups is 2. The van der Waals surface area contributed by atoms with E-state index in [2.05, 4.69) is 50.4 Å². The summed E-state index contributed by atoms with van der Waals surface area (Å²) in [6.45, 7) is 6.59. The molecule has 1 aliphatic heterocycles. The molecular formula is C39H40N2O5. The van der Waals surface area contributed by atoms with Crippen LogP contribution in [0.2, 0.25) is 0 Å². The molecule has 2 atom stereocenters. The summed E-state index contributed by atoms with van der Waals surface area (Å²) in [4.78, 5) is 30.9. The Kier molecular flexibility index (Phi) is 8.34. The highest BCUT2D eigenvalue weighted by Gasteiger charge is 2.42. The molecule has 46 heavy (non-hydrogen) atoms. The van der Waals surface area contributed by atoms with Crippen LogP contribution < -0.4 is 24.4 Å². The number of amides is 1. The minimum absolute atomic E-state index is 0.0168. The highest BCUT2D eigenvalue weighted by Crippen LogP contribution is 2.50. The van der Waals surface area contributed by atoms with E-state index in [0.717, 1.165) is 16.9 Å². The van der Waals surface area contributed by atoms with Crippen LogP contribution in [0.1, 0.15) is 72.6 Å². The minimum Gasteiger partial charge on any atom is -0.493 e. The van der Waals surface area contributed by atoms with Crippen molar-refractivity contribution in [3.63, 3.8) is 0 Å². The number of ether oxygens (including phenoxy) is 3. The summed E-state index contributed by atoms with van der Waals surface area (Å²) in [6.07, 6.45) is 0.929. The summed E-state index contributed by atoms with van der Waals surface area (Å²) in [6, 6.07) is 28.4. The largest absolute Gasteiger partial charge is 0.493 e. The standard InChI is InChI=1S/C39H40N2O5/c1-39(2,3)28-18-16-24(17-19-28)26-20-30-35(32(42)21-26)36(27-22-33(44-4)37(46-6)34(23-27)45-5)41(31-15-11-10-14-29(31)40-30)38(43)25-12-8-7-9-13-25/h7-19,22-23,26,36,40H,20-21H2,1-6H3/t26-,36-/m1/s1. The molecule has 0 unspecified atom stereocenters. The molecular weight excluding hydrogens is 576 g/mol. The normalized spacial score (nSPS) is 17.8. The Morgan fingerprint density at radius 3 is 2.02 bits per heavy atom. The number of carbonyl (C=O) groups excluding carboxylic acids is 2. The van der Waals surface area contributed by atoms with Gasteiger partial charge in [-0.2, -0.15) is 0 Å². The zero-order valence-electron chi connectivity index (χ0n) is 27.2. The quantitative estimate of drug-likeness (QED) is 0.235. The van der Waals surface area contributed by atoms with E-state index in [0.29, 0.717) is 52.5 Å². The summed E-state index contributed by atoms with van der Waals surface area (Å²) in [5.41, 5.74) is 6.37. The van der Waals surface area contributed by atoms with E-state index in [-0.39, 0.29) is 23.0 Å². The number of fused-ring (bicyclic) bond motifs is 1. The van der Waals surface area contributed by atoms with Gasteiger partial charge in [-0.3, -0.25) is 14.5 Å². The number of methoxy groups -OCH3 is 3. The Balaban J connectivity index is 1.57. The zero-order valence-corrected chi connectivity index (χ0v) is 27.2. The molecule has 7 nitrogen and oxygen atoms in total. The first-order valence-electron chi connectivity index (χ1n) is 15.6. The Labute approximate surface area is 270 Å². The van der Waals surface area contributed by atoms with Gasteiger partial charge >= 0.3 is 0 Å². The summed E-state index contributed by atoms with van der Waals surface area (Å²) < 4.78 is 17.1. The third-order valence-electron chi connectivity index (χ3n) is 8.98. The van der Waals surface area contributed by atoms with Crippen LogP contribution in [0, 0.1) is 0 Å². The van der Waals surface area contributed by atoms with Gasteiger partial charge in [0.1, 0.15) is 0 Å². The summed E-state index contributed by atoms with van der Waals surface area (Å²) >= 11 is 0. The van der Waals surface area contributed by atoms with Crippen LogP contribution in [0.5, 0.6) is 17.2 Å². The topological polar surface area (TPSA) is 77.1 Å². The van der Waals surface area contributed by atoms with Crippen molar-refractivity contribution in [3.8, 4) is 17.2 Å². The lowest BCUT2D eigenvalue weighted by atomic mass is 9.77. The smallest absolute Gasteiger partial charge is 0.259 e. The number of allylic oxidation sites excluding steroid dienone is 1. The van der Waals surface area contributed by atoms with Crippen molar-refractivity contribution in [1.29, 1.82) is 0 Å². The molecule has 1 aliphatic carbocycles. The highest BCUT2D eigenvalue weighted by molar-refractivity contribution is 6.12. The number of benzene rings is 4. The molecule has 0 spiro atoms. The Bertz CT molecular complexity index is 1780. The van der Waals surface area contributed by atoms with E-state index in [4.69, 9.17) is 14.2 Å². The van der Waals surface area contributed by atoms with Gasteiger partial charge in [-0.15, -0.1) is 0 Å². The monoisotopic (exact) mass is 616 g/mol. The molecule has 4 aromatic carbocycles. The van der Waals surface area contributed by atoms with Gasteiger partial charge in [-0.25, -0.2) is 0 Å². The molecule has 0 aromatic heterocycles. The lowest BCUT2D eigenvalue weighted by Crippen LogP contribution is -2.38. The molecule has 4 aromatic rings. The first kappa shape index (κ1) is 31.0. The number of rotatable bonds is 6. The number of Topliss-reactive ketones (excluding diaryl/α,β-unsaturated/α-hetero) is 1. The lowest BCUT2D eigenvalue weighted by Gasteiger charge is -2.35. The molecule has 6 rings (SSSR count). The number of nitrogens with zero attached hydrogens (tertiary/aromatic N) is 1. The molecule has 1 amide bonds. The van der Waals surface area contributed by atoms with Crippen molar-refractivity contribution in [2.24, 2.45) is 0 Å². The van der Waals surface area contributed by atoms with Crippen molar-refractivity contribution in [3.05, 3.63) is 125 Å². The molecule has 1 heterocycles. The van der Waals surface area contributed by atoms with Crippen molar-refractivity contribution in [1.82, 2.24) is 0 Å². The van der Waals surface area contributed by atoms with E-state index < -0.39 is 6.04 Å². The fourth-order valence-electron chi connectivity index (χ4n) is 6.60. The van der Waals surface area contributed by atoms with Gasteiger partial charge < -0.3 is 19.5 Å². The highest BCUT2D eigenvalue weighted by atomic mass is 16.5. The maximum absolute atomic E-state index is 14.6. The predicted octanol–water partition coefficient (Wildman–Crippen LogP) is 8.22. The molecule has 236 valence electrons. The third-order valence-corrected chi connectivity index (χ3v) is 8.98. The van der Waals surface area contributed by atoms with E-state index in [1.807, 2.05) is 54.6 Å². The van der Waals surface area contributed by atoms with Crippen LogP contribution in [-0.4, -0.2) is 33.0 Å². The van der Waals surface area contributed by atoms with Crippen molar-refractivity contribution >= 4 is 23.1 Å². The average Bonchev–Trinajstić information content (AvgIpc) is 3.22. The second-order valence-corrected chi connectivity index (χ2v) is 12.8. The van der Waals surface area contributed by atoms with Gasteiger partial charge in [0.05, 0.1) is 38.7 Å². The minimum atomic E-state index is -0.774. The van der Waals surface area contributed by atoms with E-state index in [9.17, 15) is 9.59 Å². The van der Waals surface area contributed by atoms with Crippen molar-refractivity contribution < 1.29 is 23.8 Å². The Hall–Kier alpha value is -5.04.